The van der Waals surface area contributed by atoms with Crippen molar-refractivity contribution < 1.29 is 0 Å². The SMILES string of the molecule is CCC(CC)NC1CCN(C)C(C)C1. The van der Waals surface area contributed by atoms with Crippen molar-refractivity contribution in [1.82, 2.24) is 10.2 Å². The highest BCUT2D eigenvalue weighted by atomic mass is 15.1. The summed E-state index contributed by atoms with van der Waals surface area (Å²) in [5, 5.41) is 3.78. The number of hydrogen-bond donors (Lipinski definition) is 1. The summed E-state index contributed by atoms with van der Waals surface area (Å²) in [6.45, 7) is 8.14. The summed E-state index contributed by atoms with van der Waals surface area (Å²) in [5.74, 6) is 0. The van der Waals surface area contributed by atoms with Crippen molar-refractivity contribution in [3.8, 4) is 0 Å². The van der Waals surface area contributed by atoms with Crippen LogP contribution < -0.4 is 5.32 Å². The zero-order valence-electron chi connectivity index (χ0n) is 10.2. The van der Waals surface area contributed by atoms with Gasteiger partial charge in [-0.05, 0) is 46.2 Å². The molecule has 1 N–H and O–H groups in total. The summed E-state index contributed by atoms with van der Waals surface area (Å²) < 4.78 is 0. The van der Waals surface area contributed by atoms with Crippen molar-refractivity contribution in [3.05, 3.63) is 0 Å². The lowest BCUT2D eigenvalue weighted by Gasteiger charge is -2.37. The van der Waals surface area contributed by atoms with Crippen molar-refractivity contribution in [2.45, 2.75) is 64.6 Å². The predicted octanol–water partition coefficient (Wildman–Crippen LogP) is 2.25. The van der Waals surface area contributed by atoms with Gasteiger partial charge in [0, 0.05) is 18.1 Å². The summed E-state index contributed by atoms with van der Waals surface area (Å²) in [6.07, 6.45) is 5.15. The molecule has 0 saturated carbocycles. The monoisotopic (exact) mass is 198 g/mol. The van der Waals surface area contributed by atoms with Crippen LogP contribution in [0.2, 0.25) is 0 Å². The third-order valence-corrected chi connectivity index (χ3v) is 3.67. The first kappa shape index (κ1) is 12.0. The summed E-state index contributed by atoms with van der Waals surface area (Å²) >= 11 is 0. The zero-order valence-corrected chi connectivity index (χ0v) is 10.2. The van der Waals surface area contributed by atoms with Gasteiger partial charge in [0.25, 0.3) is 0 Å². The molecular formula is C12H26N2. The maximum absolute atomic E-state index is 3.78. The van der Waals surface area contributed by atoms with Crippen LogP contribution in [-0.2, 0) is 0 Å². The Morgan fingerprint density at radius 1 is 1.36 bits per heavy atom. The molecule has 0 radical (unpaired) electrons. The molecule has 0 spiro atoms. The lowest BCUT2D eigenvalue weighted by Crippen LogP contribution is -2.48. The molecule has 1 fully saturated rings. The van der Waals surface area contributed by atoms with E-state index < -0.39 is 0 Å². The molecule has 2 atom stereocenters. The molecule has 1 heterocycles. The van der Waals surface area contributed by atoms with Crippen LogP contribution in [0.25, 0.3) is 0 Å². The predicted molar refractivity (Wildman–Crippen MR) is 62.6 cm³/mol. The molecule has 1 aliphatic heterocycles. The van der Waals surface area contributed by atoms with E-state index in [2.05, 4.69) is 38.0 Å². The molecule has 1 saturated heterocycles. The highest BCUT2D eigenvalue weighted by Crippen LogP contribution is 2.16. The normalized spacial score (nSPS) is 29.8. The molecule has 14 heavy (non-hydrogen) atoms. The van der Waals surface area contributed by atoms with Crippen LogP contribution in [0.3, 0.4) is 0 Å². The van der Waals surface area contributed by atoms with Gasteiger partial charge < -0.3 is 10.2 Å². The second-order valence-electron chi connectivity index (χ2n) is 4.73. The van der Waals surface area contributed by atoms with Crippen LogP contribution in [0.1, 0.15) is 46.5 Å². The molecular weight excluding hydrogens is 172 g/mol. The van der Waals surface area contributed by atoms with Crippen LogP contribution in [0.4, 0.5) is 0 Å². The maximum atomic E-state index is 3.78. The Hall–Kier alpha value is -0.0800. The van der Waals surface area contributed by atoms with E-state index in [0.717, 1.165) is 18.1 Å². The Kier molecular flexibility index (Phi) is 4.90. The van der Waals surface area contributed by atoms with Crippen LogP contribution in [0, 0.1) is 0 Å². The van der Waals surface area contributed by atoms with E-state index in [1.165, 1.54) is 32.2 Å². The summed E-state index contributed by atoms with van der Waals surface area (Å²) in [4.78, 5) is 2.46. The third kappa shape index (κ3) is 3.25. The average molecular weight is 198 g/mol. The van der Waals surface area contributed by atoms with E-state index in [4.69, 9.17) is 0 Å². The van der Waals surface area contributed by atoms with Crippen molar-refractivity contribution >= 4 is 0 Å². The fourth-order valence-electron chi connectivity index (χ4n) is 2.30. The van der Waals surface area contributed by atoms with Crippen molar-refractivity contribution in [2.75, 3.05) is 13.6 Å². The van der Waals surface area contributed by atoms with E-state index in [1.807, 2.05) is 0 Å². The van der Waals surface area contributed by atoms with E-state index in [-0.39, 0.29) is 0 Å². The van der Waals surface area contributed by atoms with Crippen molar-refractivity contribution in [2.24, 2.45) is 0 Å². The molecule has 1 aliphatic rings. The second kappa shape index (κ2) is 5.72. The van der Waals surface area contributed by atoms with Gasteiger partial charge in [0.05, 0.1) is 0 Å². The minimum absolute atomic E-state index is 0.732. The molecule has 0 aromatic carbocycles. The fraction of sp³-hybridized carbons (Fsp3) is 1.00. The Labute approximate surface area is 89.1 Å². The Morgan fingerprint density at radius 2 is 2.00 bits per heavy atom. The highest BCUT2D eigenvalue weighted by molar-refractivity contribution is 4.83. The van der Waals surface area contributed by atoms with Crippen LogP contribution >= 0.6 is 0 Å². The Bertz CT molecular complexity index is 154. The number of rotatable bonds is 4. The van der Waals surface area contributed by atoms with Gasteiger partial charge in [-0.1, -0.05) is 13.8 Å². The van der Waals surface area contributed by atoms with Gasteiger partial charge >= 0.3 is 0 Å². The molecule has 0 aliphatic carbocycles. The van der Waals surface area contributed by atoms with Gasteiger partial charge in [-0.2, -0.15) is 0 Å². The first-order chi connectivity index (χ1) is 6.67. The minimum atomic E-state index is 0.732. The number of piperidine rings is 1. The first-order valence-corrected chi connectivity index (χ1v) is 6.13. The molecule has 0 bridgehead atoms. The molecule has 84 valence electrons. The molecule has 2 unspecified atom stereocenters. The number of nitrogens with zero attached hydrogens (tertiary/aromatic N) is 1. The Morgan fingerprint density at radius 3 is 2.50 bits per heavy atom. The van der Waals surface area contributed by atoms with E-state index >= 15 is 0 Å². The number of hydrogen-bond acceptors (Lipinski definition) is 2. The minimum Gasteiger partial charge on any atom is -0.311 e. The van der Waals surface area contributed by atoms with Gasteiger partial charge in [0.2, 0.25) is 0 Å². The van der Waals surface area contributed by atoms with Crippen LogP contribution in [-0.4, -0.2) is 36.6 Å². The smallest absolute Gasteiger partial charge is 0.00966 e. The molecule has 0 aromatic rings. The lowest BCUT2D eigenvalue weighted by molar-refractivity contribution is 0.161. The van der Waals surface area contributed by atoms with Crippen molar-refractivity contribution in [1.29, 1.82) is 0 Å². The summed E-state index contributed by atoms with van der Waals surface area (Å²) in [5.41, 5.74) is 0. The molecule has 0 amide bonds. The lowest BCUT2D eigenvalue weighted by atomic mass is 9.97. The van der Waals surface area contributed by atoms with Gasteiger partial charge in [-0.15, -0.1) is 0 Å². The maximum Gasteiger partial charge on any atom is 0.00966 e. The first-order valence-electron chi connectivity index (χ1n) is 6.13. The highest BCUT2D eigenvalue weighted by Gasteiger charge is 2.23. The zero-order chi connectivity index (χ0) is 10.6. The van der Waals surface area contributed by atoms with Gasteiger partial charge in [0.1, 0.15) is 0 Å². The van der Waals surface area contributed by atoms with Gasteiger partial charge in [-0.3, -0.25) is 0 Å². The van der Waals surface area contributed by atoms with Gasteiger partial charge in [-0.25, -0.2) is 0 Å². The molecule has 2 nitrogen and oxygen atoms in total. The fourth-order valence-corrected chi connectivity index (χ4v) is 2.30. The molecule has 2 heteroatoms. The standard InChI is InChI=1S/C12H26N2/c1-5-11(6-2)13-12-7-8-14(4)10(3)9-12/h10-13H,5-9H2,1-4H3. The average Bonchev–Trinajstić information content (AvgIpc) is 2.19. The van der Waals surface area contributed by atoms with E-state index in [0.29, 0.717) is 0 Å². The van der Waals surface area contributed by atoms with Crippen LogP contribution in [0.15, 0.2) is 0 Å². The summed E-state index contributed by atoms with van der Waals surface area (Å²) in [7, 11) is 2.23. The molecule has 0 aromatic heterocycles. The van der Waals surface area contributed by atoms with E-state index in [9.17, 15) is 0 Å². The Balaban J connectivity index is 2.32. The largest absolute Gasteiger partial charge is 0.311 e. The molecule has 1 rings (SSSR count). The third-order valence-electron chi connectivity index (χ3n) is 3.67. The topological polar surface area (TPSA) is 15.3 Å². The van der Waals surface area contributed by atoms with Crippen LogP contribution in [0.5, 0.6) is 0 Å². The quantitative estimate of drug-likeness (QED) is 0.745. The summed E-state index contributed by atoms with van der Waals surface area (Å²) in [6, 6.07) is 2.23. The van der Waals surface area contributed by atoms with E-state index in [1.54, 1.807) is 0 Å². The van der Waals surface area contributed by atoms with Gasteiger partial charge in [0.15, 0.2) is 0 Å². The van der Waals surface area contributed by atoms with Crippen molar-refractivity contribution in [3.63, 3.8) is 0 Å². The second-order valence-corrected chi connectivity index (χ2v) is 4.73. The number of likely N-dealkylation sites (tertiary alicyclic amines) is 1. The number of nitrogens with one attached hydrogen (secondary N) is 1.